The van der Waals surface area contributed by atoms with Crippen LogP contribution in [-0.4, -0.2) is 26.0 Å². The molecule has 17 heavy (non-hydrogen) atoms. The van der Waals surface area contributed by atoms with E-state index in [1.165, 1.54) is 0 Å². The number of nitrogens with one attached hydrogen (secondary N) is 2. The van der Waals surface area contributed by atoms with Gasteiger partial charge in [-0.1, -0.05) is 0 Å². The number of carbonyl (C=O) groups is 1. The monoisotopic (exact) mass is 468 g/mol. The van der Waals surface area contributed by atoms with Crippen LogP contribution in [0, 0.1) is 5.92 Å². The fourth-order valence-electron chi connectivity index (χ4n) is 1.46. The SMILES string of the molecule is CCOC(OC(=O)C(C)(I)C12NI1N2)C(C)C. The van der Waals surface area contributed by atoms with Gasteiger partial charge in [0.2, 0.25) is 0 Å². The van der Waals surface area contributed by atoms with E-state index in [1.807, 2.05) is 27.7 Å². The van der Waals surface area contributed by atoms with E-state index in [1.54, 1.807) is 0 Å². The molecule has 0 radical (unpaired) electrons. The first-order valence-electron chi connectivity index (χ1n) is 5.62. The van der Waals surface area contributed by atoms with Crippen LogP contribution in [0.3, 0.4) is 0 Å². The third-order valence-corrected chi connectivity index (χ3v) is 9.93. The molecular formula is C10H18I2N2O3. The van der Waals surface area contributed by atoms with Crippen molar-refractivity contribution in [2.45, 2.75) is 41.1 Å². The number of carbonyl (C=O) groups excluding carboxylic acids is 1. The van der Waals surface area contributed by atoms with Crippen molar-refractivity contribution < 1.29 is 14.3 Å². The predicted octanol–water partition coefficient (Wildman–Crippen LogP) is 1.94. The number of rotatable bonds is 6. The number of hydrogen-bond acceptors (Lipinski definition) is 5. The molecule has 2 heterocycles. The topological polar surface area (TPSA) is 79.4 Å². The first kappa shape index (κ1) is 14.2. The fourth-order valence-corrected chi connectivity index (χ4v) is 9.22. The Balaban J connectivity index is 1.95. The Kier molecular flexibility index (Phi) is 3.96. The van der Waals surface area contributed by atoms with E-state index in [4.69, 9.17) is 9.47 Å². The zero-order chi connectivity index (χ0) is 12.8. The van der Waals surface area contributed by atoms with Gasteiger partial charge < -0.3 is 0 Å². The van der Waals surface area contributed by atoms with Crippen molar-refractivity contribution in [2.75, 3.05) is 6.61 Å². The first-order valence-corrected chi connectivity index (χ1v) is 9.93. The summed E-state index contributed by atoms with van der Waals surface area (Å²) in [6.07, 6.45) is -0.447. The molecule has 2 unspecified atom stereocenters. The minimum absolute atomic E-state index is 0.0810. The van der Waals surface area contributed by atoms with Crippen LogP contribution in [0.15, 0.2) is 0 Å². The second kappa shape index (κ2) is 4.73. The summed E-state index contributed by atoms with van der Waals surface area (Å²) in [5, 5.41) is 0. The molecule has 0 amide bonds. The molecule has 2 atom stereocenters. The van der Waals surface area contributed by atoms with Crippen molar-refractivity contribution >= 4 is 48.9 Å². The zero-order valence-corrected chi connectivity index (χ0v) is 14.7. The maximum atomic E-state index is 12.2. The standard InChI is InChI=1S/C10H18I2N2O3/c1-5-16-7(6(2)3)17-8(15)9(4,11)10-12(13-10)14-10/h6-7,13-14H,5H2,1-4H3. The number of halogens is 2. The van der Waals surface area contributed by atoms with Gasteiger partial charge in [-0.15, -0.1) is 0 Å². The van der Waals surface area contributed by atoms with Gasteiger partial charge in [0.25, 0.3) is 0 Å². The van der Waals surface area contributed by atoms with Crippen molar-refractivity contribution in [1.82, 2.24) is 7.06 Å². The van der Waals surface area contributed by atoms with E-state index in [9.17, 15) is 4.79 Å². The minimum atomic E-state index is -1.13. The van der Waals surface area contributed by atoms with E-state index in [0.717, 1.165) is 0 Å². The van der Waals surface area contributed by atoms with E-state index >= 15 is 0 Å². The van der Waals surface area contributed by atoms with Crippen LogP contribution in [0.4, 0.5) is 0 Å². The Hall–Kier alpha value is 0.810. The van der Waals surface area contributed by atoms with E-state index in [0.29, 0.717) is 6.61 Å². The number of alkyl halides is 2. The van der Waals surface area contributed by atoms with E-state index in [-0.39, 0.29) is 15.6 Å². The molecule has 2 rings (SSSR count). The summed E-state index contributed by atoms with van der Waals surface area (Å²) in [7, 11) is 0. The molecule has 2 fully saturated rings. The number of esters is 1. The van der Waals surface area contributed by atoms with Crippen LogP contribution in [0.5, 0.6) is 0 Å². The van der Waals surface area contributed by atoms with Gasteiger partial charge in [-0.3, -0.25) is 0 Å². The molecule has 0 aliphatic carbocycles. The fraction of sp³-hybridized carbons (Fsp3) is 0.900. The predicted molar refractivity (Wildman–Crippen MR) is 81.8 cm³/mol. The summed E-state index contributed by atoms with van der Waals surface area (Å²) in [6, 6.07) is 0. The normalized spacial score (nSPS) is 27.1. The van der Waals surface area contributed by atoms with Gasteiger partial charge in [0, 0.05) is 0 Å². The Morgan fingerprint density at radius 1 is 1.53 bits per heavy atom. The number of ether oxygens (including phenoxy) is 2. The second-order valence-corrected chi connectivity index (χ2v) is 11.1. The Bertz CT molecular complexity index is 330. The summed E-state index contributed by atoms with van der Waals surface area (Å²) < 4.78 is 17.0. The maximum absolute atomic E-state index is 12.2. The van der Waals surface area contributed by atoms with Crippen LogP contribution in [-0.2, 0) is 14.3 Å². The van der Waals surface area contributed by atoms with Gasteiger partial charge in [0.05, 0.1) is 0 Å². The summed E-state index contributed by atoms with van der Waals surface area (Å²) in [5.41, 5.74) is 0. The van der Waals surface area contributed by atoms with Gasteiger partial charge >= 0.3 is 124 Å². The van der Waals surface area contributed by atoms with Gasteiger partial charge in [-0.2, -0.15) is 0 Å². The van der Waals surface area contributed by atoms with Crippen molar-refractivity contribution in [1.29, 1.82) is 0 Å². The second-order valence-electron chi connectivity index (χ2n) is 4.61. The molecule has 0 saturated carbocycles. The third kappa shape index (κ3) is 2.45. The molecule has 100 valence electrons. The van der Waals surface area contributed by atoms with Crippen LogP contribution >= 0.6 is 43.0 Å². The molecule has 2 saturated heterocycles. The van der Waals surface area contributed by atoms with Crippen LogP contribution in [0.1, 0.15) is 27.7 Å². The van der Waals surface area contributed by atoms with Crippen LogP contribution < -0.4 is 7.06 Å². The summed E-state index contributed by atoms with van der Waals surface area (Å²) >= 11 is 1.05. The molecular weight excluding hydrogens is 450 g/mol. The van der Waals surface area contributed by atoms with Crippen molar-refractivity contribution in [3.8, 4) is 0 Å². The third-order valence-electron chi connectivity index (χ3n) is 2.79. The van der Waals surface area contributed by atoms with Crippen molar-refractivity contribution in [3.05, 3.63) is 0 Å². The van der Waals surface area contributed by atoms with Gasteiger partial charge in [-0.05, 0) is 0 Å². The van der Waals surface area contributed by atoms with Gasteiger partial charge in [0.1, 0.15) is 0 Å². The van der Waals surface area contributed by atoms with E-state index in [2.05, 4.69) is 29.7 Å². The molecule has 0 aromatic carbocycles. The van der Waals surface area contributed by atoms with E-state index < -0.39 is 30.1 Å². The number of fused-ring (bicyclic) bond motifs is 1. The first-order chi connectivity index (χ1) is 7.85. The molecule has 0 bridgehead atoms. The Labute approximate surface area is 123 Å². The molecule has 5 nitrogen and oxygen atoms in total. The van der Waals surface area contributed by atoms with Crippen LogP contribution in [0.2, 0.25) is 0 Å². The van der Waals surface area contributed by atoms with Gasteiger partial charge in [0.15, 0.2) is 0 Å². The van der Waals surface area contributed by atoms with Crippen molar-refractivity contribution in [3.63, 3.8) is 0 Å². The summed E-state index contributed by atoms with van der Waals surface area (Å²) in [5.74, 6) is -0.0277. The summed E-state index contributed by atoms with van der Waals surface area (Å²) in [6.45, 7) is 8.34. The summed E-state index contributed by atoms with van der Waals surface area (Å²) in [4.78, 5) is 12.2. The average molecular weight is 468 g/mol. The molecule has 0 aromatic rings. The van der Waals surface area contributed by atoms with Gasteiger partial charge in [-0.25, -0.2) is 0 Å². The molecule has 2 N–H and O–H groups in total. The quantitative estimate of drug-likeness (QED) is 0.119. The molecule has 2 aliphatic rings. The molecule has 7 heteroatoms. The van der Waals surface area contributed by atoms with Crippen molar-refractivity contribution in [2.24, 2.45) is 5.92 Å². The Morgan fingerprint density at radius 3 is 2.41 bits per heavy atom. The molecule has 0 aromatic heterocycles. The molecule has 2 aliphatic heterocycles. The number of hydrogen-bond donors (Lipinski definition) is 2. The average Bonchev–Trinajstić information content (AvgIpc) is 3.03. The zero-order valence-electron chi connectivity index (χ0n) is 10.3. The van der Waals surface area contributed by atoms with Crippen LogP contribution in [0.25, 0.3) is 0 Å². The molecule has 0 spiro atoms. The Morgan fingerprint density at radius 2 is 2.06 bits per heavy atom.